The Morgan fingerprint density at radius 3 is 3.07 bits per heavy atom. The summed E-state index contributed by atoms with van der Waals surface area (Å²) in [5.41, 5.74) is 2.71. The summed E-state index contributed by atoms with van der Waals surface area (Å²) in [7, 11) is 0. The summed E-state index contributed by atoms with van der Waals surface area (Å²) in [5, 5.41) is 10.6. The van der Waals surface area contributed by atoms with Crippen LogP contribution in [-0.2, 0) is 0 Å². The normalized spacial score (nSPS) is 18.6. The van der Waals surface area contributed by atoms with Gasteiger partial charge in [0, 0.05) is 6.20 Å². The van der Waals surface area contributed by atoms with Gasteiger partial charge >= 0.3 is 0 Å². The number of hydrogen-bond donors (Lipinski definition) is 2. The maximum Gasteiger partial charge on any atom is 0.0705 e. The molecule has 2 rings (SSSR count). The number of H-pyrrole nitrogens is 1. The van der Waals surface area contributed by atoms with Gasteiger partial charge in [0.2, 0.25) is 0 Å². The van der Waals surface area contributed by atoms with Crippen molar-refractivity contribution in [1.29, 1.82) is 0 Å². The van der Waals surface area contributed by atoms with Crippen LogP contribution in [0.4, 0.5) is 0 Å². The molecule has 0 amide bonds. The predicted octanol–water partition coefficient (Wildman–Crippen LogP) is 2.56. The van der Waals surface area contributed by atoms with Crippen LogP contribution in [0.2, 0.25) is 0 Å². The summed E-state index contributed by atoms with van der Waals surface area (Å²) < 4.78 is 0. The second-order valence-corrected chi connectivity index (χ2v) is 4.03. The third-order valence-electron chi connectivity index (χ3n) is 2.94. The number of hydrogen-bond acceptors (Lipinski definition) is 2. The van der Waals surface area contributed by atoms with E-state index >= 15 is 0 Å². The fraction of sp³-hybridized carbons (Fsp3) is 0.583. The van der Waals surface area contributed by atoms with E-state index in [-0.39, 0.29) is 0 Å². The van der Waals surface area contributed by atoms with Crippen LogP contribution in [0.3, 0.4) is 0 Å². The van der Waals surface area contributed by atoms with Gasteiger partial charge in [0.15, 0.2) is 0 Å². The Morgan fingerprint density at radius 2 is 2.47 bits per heavy atom. The highest BCUT2D eigenvalue weighted by Crippen LogP contribution is 2.28. The maximum absolute atomic E-state index is 4.03. The Morgan fingerprint density at radius 1 is 1.53 bits per heavy atom. The SMILES string of the molecule is CCNC(C1=CCCCC1)c1ccn[nH]1. The zero-order valence-electron chi connectivity index (χ0n) is 9.29. The summed E-state index contributed by atoms with van der Waals surface area (Å²) in [6.07, 6.45) is 9.32. The molecule has 3 heteroatoms. The molecular formula is C12H19N3. The first-order valence-corrected chi connectivity index (χ1v) is 5.83. The van der Waals surface area contributed by atoms with Crippen molar-refractivity contribution >= 4 is 0 Å². The van der Waals surface area contributed by atoms with Gasteiger partial charge in [-0.05, 0) is 38.3 Å². The second-order valence-electron chi connectivity index (χ2n) is 4.03. The lowest BCUT2D eigenvalue weighted by atomic mass is 9.92. The van der Waals surface area contributed by atoms with E-state index in [0.29, 0.717) is 6.04 Å². The highest BCUT2D eigenvalue weighted by atomic mass is 15.1. The van der Waals surface area contributed by atoms with Crippen LogP contribution in [0.5, 0.6) is 0 Å². The van der Waals surface area contributed by atoms with Crippen molar-refractivity contribution in [2.45, 2.75) is 38.6 Å². The summed E-state index contributed by atoms with van der Waals surface area (Å²) in [6.45, 7) is 3.13. The van der Waals surface area contributed by atoms with E-state index in [4.69, 9.17) is 0 Å². The van der Waals surface area contributed by atoms with Crippen molar-refractivity contribution in [3.05, 3.63) is 29.6 Å². The Bertz CT molecular complexity index is 314. The molecule has 0 saturated carbocycles. The minimum Gasteiger partial charge on any atom is -0.306 e. The summed E-state index contributed by atoms with van der Waals surface area (Å²) in [6, 6.07) is 2.40. The average molecular weight is 205 g/mol. The molecule has 0 aromatic carbocycles. The van der Waals surface area contributed by atoms with Gasteiger partial charge in [0.05, 0.1) is 11.7 Å². The molecule has 1 aliphatic carbocycles. The first-order chi connectivity index (χ1) is 7.42. The minimum absolute atomic E-state index is 0.345. The fourth-order valence-corrected chi connectivity index (χ4v) is 2.20. The van der Waals surface area contributed by atoms with E-state index in [1.165, 1.54) is 37.0 Å². The van der Waals surface area contributed by atoms with Gasteiger partial charge in [-0.1, -0.05) is 18.6 Å². The Hall–Kier alpha value is -1.09. The van der Waals surface area contributed by atoms with Crippen molar-refractivity contribution < 1.29 is 0 Å². The molecule has 1 heterocycles. The van der Waals surface area contributed by atoms with E-state index in [1.807, 2.05) is 6.20 Å². The van der Waals surface area contributed by atoms with E-state index in [2.05, 4.69) is 34.6 Å². The lowest BCUT2D eigenvalue weighted by Crippen LogP contribution is -2.24. The smallest absolute Gasteiger partial charge is 0.0705 e. The lowest BCUT2D eigenvalue weighted by molar-refractivity contribution is 0.553. The van der Waals surface area contributed by atoms with Gasteiger partial charge in [0.25, 0.3) is 0 Å². The Balaban J connectivity index is 2.15. The molecule has 82 valence electrons. The largest absolute Gasteiger partial charge is 0.306 e. The maximum atomic E-state index is 4.03. The molecule has 1 aromatic heterocycles. The van der Waals surface area contributed by atoms with Crippen LogP contribution >= 0.6 is 0 Å². The second kappa shape index (κ2) is 5.12. The predicted molar refractivity (Wildman–Crippen MR) is 61.6 cm³/mol. The zero-order valence-corrected chi connectivity index (χ0v) is 9.29. The van der Waals surface area contributed by atoms with Crippen molar-refractivity contribution in [3.8, 4) is 0 Å². The van der Waals surface area contributed by atoms with Crippen LogP contribution in [-0.4, -0.2) is 16.7 Å². The van der Waals surface area contributed by atoms with Crippen molar-refractivity contribution in [2.75, 3.05) is 6.54 Å². The van der Waals surface area contributed by atoms with E-state index in [1.54, 1.807) is 0 Å². The average Bonchev–Trinajstić information content (AvgIpc) is 2.80. The van der Waals surface area contributed by atoms with Gasteiger partial charge in [-0.2, -0.15) is 5.10 Å². The van der Waals surface area contributed by atoms with E-state index < -0.39 is 0 Å². The molecule has 1 unspecified atom stereocenters. The number of nitrogens with zero attached hydrogens (tertiary/aromatic N) is 1. The fourth-order valence-electron chi connectivity index (χ4n) is 2.20. The van der Waals surface area contributed by atoms with Gasteiger partial charge < -0.3 is 5.32 Å². The summed E-state index contributed by atoms with van der Waals surface area (Å²) in [5.74, 6) is 0. The number of allylic oxidation sites excluding steroid dienone is 1. The number of aromatic amines is 1. The van der Waals surface area contributed by atoms with Gasteiger partial charge in [-0.15, -0.1) is 0 Å². The number of likely N-dealkylation sites (N-methyl/N-ethyl adjacent to an activating group) is 1. The monoisotopic (exact) mass is 205 g/mol. The highest BCUT2D eigenvalue weighted by Gasteiger charge is 2.17. The molecular weight excluding hydrogens is 186 g/mol. The molecule has 0 spiro atoms. The molecule has 2 N–H and O–H groups in total. The topological polar surface area (TPSA) is 40.7 Å². The van der Waals surface area contributed by atoms with Crippen LogP contribution in [0.25, 0.3) is 0 Å². The molecule has 0 aliphatic heterocycles. The minimum atomic E-state index is 0.345. The quantitative estimate of drug-likeness (QED) is 0.742. The van der Waals surface area contributed by atoms with Gasteiger partial charge in [-0.3, -0.25) is 5.10 Å². The van der Waals surface area contributed by atoms with Crippen molar-refractivity contribution in [2.24, 2.45) is 0 Å². The number of nitrogens with one attached hydrogen (secondary N) is 2. The van der Waals surface area contributed by atoms with E-state index in [0.717, 1.165) is 6.54 Å². The summed E-state index contributed by atoms with van der Waals surface area (Å²) >= 11 is 0. The Kier molecular flexibility index (Phi) is 3.56. The molecule has 1 aromatic rings. The Labute approximate surface area is 91.0 Å². The van der Waals surface area contributed by atoms with Crippen LogP contribution in [0, 0.1) is 0 Å². The van der Waals surface area contributed by atoms with E-state index in [9.17, 15) is 0 Å². The van der Waals surface area contributed by atoms with Crippen LogP contribution < -0.4 is 5.32 Å². The van der Waals surface area contributed by atoms with Gasteiger partial charge in [-0.25, -0.2) is 0 Å². The molecule has 1 aliphatic rings. The standard InChI is InChI=1S/C12H19N3/c1-2-13-12(11-8-9-14-15-11)10-6-4-3-5-7-10/h6,8-9,12-13H,2-5,7H2,1H3,(H,14,15). The molecule has 0 fully saturated rings. The molecule has 3 nitrogen and oxygen atoms in total. The number of rotatable bonds is 4. The van der Waals surface area contributed by atoms with Crippen molar-refractivity contribution in [1.82, 2.24) is 15.5 Å². The number of aromatic nitrogens is 2. The van der Waals surface area contributed by atoms with Crippen molar-refractivity contribution in [3.63, 3.8) is 0 Å². The molecule has 1 atom stereocenters. The highest BCUT2D eigenvalue weighted by molar-refractivity contribution is 5.22. The first-order valence-electron chi connectivity index (χ1n) is 5.83. The molecule has 0 radical (unpaired) electrons. The summed E-state index contributed by atoms with van der Waals surface area (Å²) in [4.78, 5) is 0. The third kappa shape index (κ3) is 2.48. The molecule has 0 saturated heterocycles. The van der Waals surface area contributed by atoms with Crippen LogP contribution in [0.1, 0.15) is 44.3 Å². The van der Waals surface area contributed by atoms with Crippen LogP contribution in [0.15, 0.2) is 23.9 Å². The zero-order chi connectivity index (χ0) is 10.5. The first kappa shape index (κ1) is 10.4. The lowest BCUT2D eigenvalue weighted by Gasteiger charge is -2.22. The van der Waals surface area contributed by atoms with Gasteiger partial charge in [0.1, 0.15) is 0 Å². The molecule has 15 heavy (non-hydrogen) atoms. The third-order valence-corrected chi connectivity index (χ3v) is 2.94. The molecule has 0 bridgehead atoms.